The molecule has 0 bridgehead atoms. The van der Waals surface area contributed by atoms with Crippen LogP contribution in [0.5, 0.6) is 0 Å². The number of halogens is 1. The Bertz CT molecular complexity index is 386. The van der Waals surface area contributed by atoms with E-state index in [1.165, 1.54) is 5.56 Å². The number of aliphatic hydroxyl groups excluding tert-OH is 1. The summed E-state index contributed by atoms with van der Waals surface area (Å²) in [6.45, 7) is 7.59. The van der Waals surface area contributed by atoms with E-state index in [0.29, 0.717) is 12.0 Å². The van der Waals surface area contributed by atoms with Crippen LogP contribution in [-0.4, -0.2) is 24.0 Å². The van der Waals surface area contributed by atoms with Crippen molar-refractivity contribution in [3.05, 3.63) is 28.8 Å². The van der Waals surface area contributed by atoms with Gasteiger partial charge in [0.05, 0.1) is 5.02 Å². The van der Waals surface area contributed by atoms with E-state index in [2.05, 4.69) is 31.3 Å². The molecule has 0 radical (unpaired) electrons. The zero-order valence-corrected chi connectivity index (χ0v) is 13.5. The first kappa shape index (κ1) is 16.8. The Labute approximate surface area is 125 Å². The Morgan fingerprint density at radius 2 is 2.11 bits per heavy atom. The maximum Gasteiger partial charge on any atom is 0.0545 e. The highest BCUT2D eigenvalue weighted by Gasteiger charge is 2.09. The molecule has 0 aromatic heterocycles. The highest BCUT2D eigenvalue weighted by Crippen LogP contribution is 2.30. The fourth-order valence-corrected chi connectivity index (χ4v) is 2.95. The molecule has 4 heteroatoms. The van der Waals surface area contributed by atoms with Crippen molar-refractivity contribution in [2.24, 2.45) is 5.92 Å². The molecule has 0 amide bonds. The third-order valence-electron chi connectivity index (χ3n) is 2.99. The second-order valence-corrected chi connectivity index (χ2v) is 6.43. The summed E-state index contributed by atoms with van der Waals surface area (Å²) >= 11 is 8.03. The molecule has 0 aliphatic rings. The second kappa shape index (κ2) is 8.85. The molecule has 0 aliphatic carbocycles. The predicted molar refractivity (Wildman–Crippen MR) is 85.1 cm³/mol. The van der Waals surface area contributed by atoms with Crippen LogP contribution in [0, 0.1) is 5.92 Å². The Balaban J connectivity index is 2.63. The average Bonchev–Trinajstić information content (AvgIpc) is 2.42. The molecule has 1 aromatic carbocycles. The first-order chi connectivity index (χ1) is 9.08. The van der Waals surface area contributed by atoms with Crippen LogP contribution in [0.25, 0.3) is 0 Å². The summed E-state index contributed by atoms with van der Waals surface area (Å²) in [5.41, 5.74) is 1.22. The third kappa shape index (κ3) is 5.74. The number of hydrogen-bond donors (Lipinski definition) is 2. The lowest BCUT2D eigenvalue weighted by atomic mass is 10.1. The fourth-order valence-electron chi connectivity index (χ4n) is 1.67. The van der Waals surface area contributed by atoms with E-state index < -0.39 is 0 Å². The summed E-state index contributed by atoms with van der Waals surface area (Å²) in [4.78, 5) is 1.09. The molecular weight excluding hydrogens is 278 g/mol. The predicted octanol–water partition coefficient (Wildman–Crippen LogP) is 4.12. The van der Waals surface area contributed by atoms with Gasteiger partial charge in [0.1, 0.15) is 0 Å². The van der Waals surface area contributed by atoms with Gasteiger partial charge in [0.15, 0.2) is 0 Å². The molecule has 0 heterocycles. The van der Waals surface area contributed by atoms with Gasteiger partial charge in [0.2, 0.25) is 0 Å². The van der Waals surface area contributed by atoms with Crippen LogP contribution in [0.4, 0.5) is 0 Å². The lowest BCUT2D eigenvalue weighted by Crippen LogP contribution is -2.19. The van der Waals surface area contributed by atoms with Crippen molar-refractivity contribution < 1.29 is 5.11 Å². The van der Waals surface area contributed by atoms with Crippen LogP contribution >= 0.6 is 23.4 Å². The minimum atomic E-state index is 0.223. The molecule has 0 aliphatic heterocycles. The van der Waals surface area contributed by atoms with E-state index in [4.69, 9.17) is 16.7 Å². The normalized spacial score (nSPS) is 14.4. The maximum absolute atomic E-state index is 9.03. The van der Waals surface area contributed by atoms with Gasteiger partial charge in [-0.3, -0.25) is 0 Å². The van der Waals surface area contributed by atoms with Crippen molar-refractivity contribution in [2.75, 3.05) is 18.9 Å². The van der Waals surface area contributed by atoms with Gasteiger partial charge in [-0.25, -0.2) is 0 Å². The minimum absolute atomic E-state index is 0.223. The lowest BCUT2D eigenvalue weighted by Gasteiger charge is -2.15. The summed E-state index contributed by atoms with van der Waals surface area (Å²) < 4.78 is 0. The molecule has 0 fully saturated rings. The molecule has 19 heavy (non-hydrogen) atoms. The van der Waals surface area contributed by atoms with Gasteiger partial charge in [-0.1, -0.05) is 31.5 Å². The molecular formula is C15H24ClNOS. The summed E-state index contributed by atoms with van der Waals surface area (Å²) in [7, 11) is 0. The fraction of sp³-hybridized carbons (Fsp3) is 0.600. The summed E-state index contributed by atoms with van der Waals surface area (Å²) in [6.07, 6.45) is 1.13. The van der Waals surface area contributed by atoms with Gasteiger partial charge in [0, 0.05) is 23.3 Å². The van der Waals surface area contributed by atoms with Crippen molar-refractivity contribution in [3.8, 4) is 0 Å². The van der Waals surface area contributed by atoms with Gasteiger partial charge in [-0.15, -0.1) is 11.8 Å². The molecule has 1 aromatic rings. The molecule has 2 nitrogen and oxygen atoms in total. The van der Waals surface area contributed by atoms with Gasteiger partial charge in [-0.05, 0) is 43.5 Å². The quantitative estimate of drug-likeness (QED) is 0.708. The SMILES string of the molecule is CCCNC(C)c1ccc(SCC(C)CO)c(Cl)c1. The van der Waals surface area contributed by atoms with Crippen LogP contribution in [0.2, 0.25) is 5.02 Å². The Hall–Kier alpha value is -0.220. The van der Waals surface area contributed by atoms with Crippen molar-refractivity contribution in [2.45, 2.75) is 38.1 Å². The van der Waals surface area contributed by atoms with Gasteiger partial charge in [0.25, 0.3) is 0 Å². The maximum atomic E-state index is 9.03. The van der Waals surface area contributed by atoms with E-state index in [0.717, 1.165) is 28.6 Å². The number of benzene rings is 1. The van der Waals surface area contributed by atoms with E-state index in [1.807, 2.05) is 13.0 Å². The summed E-state index contributed by atoms with van der Waals surface area (Å²) in [6, 6.07) is 6.58. The number of thioether (sulfide) groups is 1. The smallest absolute Gasteiger partial charge is 0.0545 e. The Morgan fingerprint density at radius 1 is 1.37 bits per heavy atom. The van der Waals surface area contributed by atoms with Crippen LogP contribution in [-0.2, 0) is 0 Å². The average molecular weight is 302 g/mol. The first-order valence-electron chi connectivity index (χ1n) is 6.85. The van der Waals surface area contributed by atoms with Crippen molar-refractivity contribution in [1.29, 1.82) is 0 Å². The molecule has 0 saturated carbocycles. The lowest BCUT2D eigenvalue weighted by molar-refractivity contribution is 0.250. The summed E-state index contributed by atoms with van der Waals surface area (Å²) in [5.74, 6) is 1.19. The van der Waals surface area contributed by atoms with Gasteiger partial charge >= 0.3 is 0 Å². The molecule has 2 unspecified atom stereocenters. The highest BCUT2D eigenvalue weighted by atomic mass is 35.5. The van der Waals surface area contributed by atoms with Crippen LogP contribution in [0.3, 0.4) is 0 Å². The molecule has 108 valence electrons. The molecule has 0 spiro atoms. The largest absolute Gasteiger partial charge is 0.396 e. The molecule has 2 N–H and O–H groups in total. The number of nitrogens with one attached hydrogen (secondary N) is 1. The van der Waals surface area contributed by atoms with Crippen molar-refractivity contribution in [1.82, 2.24) is 5.32 Å². The van der Waals surface area contributed by atoms with Crippen molar-refractivity contribution >= 4 is 23.4 Å². The van der Waals surface area contributed by atoms with Crippen molar-refractivity contribution in [3.63, 3.8) is 0 Å². The third-order valence-corrected chi connectivity index (χ3v) is 4.82. The second-order valence-electron chi connectivity index (χ2n) is 4.96. The van der Waals surface area contributed by atoms with Gasteiger partial charge in [-0.2, -0.15) is 0 Å². The monoisotopic (exact) mass is 301 g/mol. The van der Waals surface area contributed by atoms with Crippen LogP contribution in [0.15, 0.2) is 23.1 Å². The van der Waals surface area contributed by atoms with Crippen LogP contribution < -0.4 is 5.32 Å². The highest BCUT2D eigenvalue weighted by molar-refractivity contribution is 7.99. The molecule has 0 saturated heterocycles. The van der Waals surface area contributed by atoms with E-state index in [-0.39, 0.29) is 6.61 Å². The zero-order chi connectivity index (χ0) is 14.3. The Kier molecular flexibility index (Phi) is 7.84. The molecule has 1 rings (SSSR count). The standard InChI is InChI=1S/C15H24ClNOS/c1-4-7-17-12(3)13-5-6-15(14(16)8-13)19-10-11(2)9-18/h5-6,8,11-12,17-18H,4,7,9-10H2,1-3H3. The van der Waals surface area contributed by atoms with Crippen LogP contribution in [0.1, 0.15) is 38.8 Å². The molecule has 2 atom stereocenters. The Morgan fingerprint density at radius 3 is 2.68 bits per heavy atom. The van der Waals surface area contributed by atoms with Gasteiger partial charge < -0.3 is 10.4 Å². The number of rotatable bonds is 8. The van der Waals surface area contributed by atoms with E-state index in [9.17, 15) is 0 Å². The number of hydrogen-bond acceptors (Lipinski definition) is 3. The first-order valence-corrected chi connectivity index (χ1v) is 8.21. The topological polar surface area (TPSA) is 32.3 Å². The van der Waals surface area contributed by atoms with E-state index in [1.54, 1.807) is 11.8 Å². The minimum Gasteiger partial charge on any atom is -0.396 e. The van der Waals surface area contributed by atoms with E-state index >= 15 is 0 Å². The summed E-state index contributed by atoms with van der Waals surface area (Å²) in [5, 5.41) is 13.3. The number of aliphatic hydroxyl groups is 1. The zero-order valence-electron chi connectivity index (χ0n) is 11.9.